The van der Waals surface area contributed by atoms with Crippen LogP contribution in [0.15, 0.2) is 30.5 Å². The van der Waals surface area contributed by atoms with Crippen molar-refractivity contribution in [2.24, 2.45) is 0 Å². The number of amides is 2. The van der Waals surface area contributed by atoms with Crippen molar-refractivity contribution < 1.29 is 19.1 Å². The number of carbonyl (C=O) groups is 2. The van der Waals surface area contributed by atoms with E-state index in [0.717, 1.165) is 16.9 Å². The number of benzene rings is 1. The summed E-state index contributed by atoms with van der Waals surface area (Å²) >= 11 is 0. The first-order chi connectivity index (χ1) is 11.8. The quantitative estimate of drug-likeness (QED) is 0.840. The first kappa shape index (κ1) is 18.4. The Morgan fingerprint density at radius 3 is 2.60 bits per heavy atom. The SMILES string of the molecule is Cc1c(C(C)NC(=O)N(C)CCC(=O)O)cnn1-c1ccc(F)cc1. The summed E-state index contributed by atoms with van der Waals surface area (Å²) in [5.74, 6) is -1.28. The van der Waals surface area contributed by atoms with Crippen LogP contribution in [-0.4, -0.2) is 45.4 Å². The molecule has 0 saturated heterocycles. The van der Waals surface area contributed by atoms with Crippen molar-refractivity contribution in [3.05, 3.63) is 47.5 Å². The van der Waals surface area contributed by atoms with E-state index in [4.69, 9.17) is 5.11 Å². The van der Waals surface area contributed by atoms with Crippen molar-refractivity contribution in [3.8, 4) is 5.69 Å². The Bertz CT molecular complexity index is 758. The number of carboxylic acid groups (broad SMARTS) is 1. The maximum atomic E-state index is 13.0. The Hall–Kier alpha value is -2.90. The minimum atomic E-state index is -0.955. The van der Waals surface area contributed by atoms with Gasteiger partial charge in [-0.05, 0) is 38.1 Å². The summed E-state index contributed by atoms with van der Waals surface area (Å²) in [6.07, 6.45) is 1.54. The third-order valence-corrected chi connectivity index (χ3v) is 3.93. The van der Waals surface area contributed by atoms with Crippen molar-refractivity contribution in [2.75, 3.05) is 13.6 Å². The Morgan fingerprint density at radius 1 is 1.36 bits per heavy atom. The van der Waals surface area contributed by atoms with E-state index in [-0.39, 0.29) is 30.9 Å². The third-order valence-electron chi connectivity index (χ3n) is 3.93. The van der Waals surface area contributed by atoms with Gasteiger partial charge in [0.2, 0.25) is 0 Å². The first-order valence-corrected chi connectivity index (χ1v) is 7.83. The number of nitrogens with one attached hydrogen (secondary N) is 1. The standard InChI is InChI=1S/C17H21FN4O3/c1-11(20-17(25)21(3)9-8-16(23)24)15-10-19-22(12(15)2)14-6-4-13(18)5-7-14/h4-7,10-11H,8-9H2,1-3H3,(H,20,25)(H,23,24). The lowest BCUT2D eigenvalue weighted by atomic mass is 10.1. The third kappa shape index (κ3) is 4.56. The summed E-state index contributed by atoms with van der Waals surface area (Å²) < 4.78 is 14.7. The zero-order chi connectivity index (χ0) is 18.6. The molecule has 2 amide bonds. The second kappa shape index (κ2) is 7.78. The molecule has 0 aliphatic rings. The van der Waals surface area contributed by atoms with Crippen LogP contribution in [0.25, 0.3) is 5.69 Å². The number of aliphatic carboxylic acids is 1. The zero-order valence-corrected chi connectivity index (χ0v) is 14.4. The maximum absolute atomic E-state index is 13.0. The van der Waals surface area contributed by atoms with Gasteiger partial charge >= 0.3 is 12.0 Å². The largest absolute Gasteiger partial charge is 0.481 e. The second-order valence-electron chi connectivity index (χ2n) is 5.81. The number of hydrogen-bond donors (Lipinski definition) is 2. The highest BCUT2D eigenvalue weighted by Gasteiger charge is 2.18. The average molecular weight is 348 g/mol. The fraction of sp³-hybridized carbons (Fsp3) is 0.353. The van der Waals surface area contributed by atoms with Crippen LogP contribution in [0.2, 0.25) is 0 Å². The lowest BCUT2D eigenvalue weighted by Crippen LogP contribution is -2.39. The molecule has 2 aromatic rings. The van der Waals surface area contributed by atoms with Gasteiger partial charge in [-0.2, -0.15) is 5.10 Å². The highest BCUT2D eigenvalue weighted by Crippen LogP contribution is 2.20. The van der Waals surface area contributed by atoms with Crippen LogP contribution in [0.4, 0.5) is 9.18 Å². The Kier molecular flexibility index (Phi) is 5.74. The van der Waals surface area contributed by atoms with Gasteiger partial charge in [0.25, 0.3) is 0 Å². The van der Waals surface area contributed by atoms with Gasteiger partial charge in [0.15, 0.2) is 0 Å². The van der Waals surface area contributed by atoms with E-state index in [1.54, 1.807) is 30.1 Å². The normalized spacial score (nSPS) is 11.8. The fourth-order valence-corrected chi connectivity index (χ4v) is 2.43. The van der Waals surface area contributed by atoms with E-state index in [1.807, 2.05) is 13.8 Å². The molecule has 25 heavy (non-hydrogen) atoms. The number of urea groups is 1. The van der Waals surface area contributed by atoms with Crippen molar-refractivity contribution in [1.29, 1.82) is 0 Å². The molecule has 1 aromatic heterocycles. The monoisotopic (exact) mass is 348 g/mol. The lowest BCUT2D eigenvalue weighted by Gasteiger charge is -2.20. The second-order valence-corrected chi connectivity index (χ2v) is 5.81. The summed E-state index contributed by atoms with van der Waals surface area (Å²) in [5, 5.41) is 15.8. The number of carboxylic acids is 1. The van der Waals surface area contributed by atoms with Gasteiger partial charge in [0.1, 0.15) is 5.82 Å². The molecule has 1 atom stereocenters. The minimum absolute atomic E-state index is 0.111. The molecule has 0 aliphatic carbocycles. The molecule has 1 unspecified atom stereocenters. The van der Waals surface area contributed by atoms with Crippen LogP contribution < -0.4 is 5.32 Å². The van der Waals surface area contributed by atoms with Crippen LogP contribution in [0.5, 0.6) is 0 Å². The molecule has 2 N–H and O–H groups in total. The van der Waals surface area contributed by atoms with Crippen molar-refractivity contribution in [2.45, 2.75) is 26.3 Å². The highest BCUT2D eigenvalue weighted by molar-refractivity contribution is 5.75. The number of halogens is 1. The minimum Gasteiger partial charge on any atom is -0.481 e. The van der Waals surface area contributed by atoms with Gasteiger partial charge in [0, 0.05) is 24.8 Å². The molecular formula is C17H21FN4O3. The highest BCUT2D eigenvalue weighted by atomic mass is 19.1. The van der Waals surface area contributed by atoms with Crippen LogP contribution in [0, 0.1) is 12.7 Å². The van der Waals surface area contributed by atoms with E-state index in [9.17, 15) is 14.0 Å². The Balaban J connectivity index is 2.07. The predicted octanol–water partition coefficient (Wildman–Crippen LogP) is 2.50. The molecule has 1 aromatic carbocycles. The van der Waals surface area contributed by atoms with Crippen molar-refractivity contribution in [1.82, 2.24) is 20.0 Å². The topological polar surface area (TPSA) is 87.5 Å². The number of carbonyl (C=O) groups excluding carboxylic acids is 1. The average Bonchev–Trinajstić information content (AvgIpc) is 2.94. The molecule has 2 rings (SSSR count). The number of nitrogens with zero attached hydrogens (tertiary/aromatic N) is 3. The first-order valence-electron chi connectivity index (χ1n) is 7.83. The molecule has 0 aliphatic heterocycles. The molecule has 0 spiro atoms. The zero-order valence-electron chi connectivity index (χ0n) is 14.4. The van der Waals surface area contributed by atoms with Crippen molar-refractivity contribution in [3.63, 3.8) is 0 Å². The molecule has 1 heterocycles. The summed E-state index contributed by atoms with van der Waals surface area (Å²) in [7, 11) is 1.54. The molecule has 134 valence electrons. The van der Waals surface area contributed by atoms with Gasteiger partial charge in [-0.1, -0.05) is 0 Å². The summed E-state index contributed by atoms with van der Waals surface area (Å²) in [4.78, 5) is 24.0. The number of aromatic nitrogens is 2. The van der Waals surface area contributed by atoms with E-state index in [2.05, 4.69) is 10.4 Å². The van der Waals surface area contributed by atoms with Gasteiger partial charge in [0.05, 0.1) is 24.3 Å². The van der Waals surface area contributed by atoms with E-state index < -0.39 is 5.97 Å². The lowest BCUT2D eigenvalue weighted by molar-refractivity contribution is -0.137. The van der Waals surface area contributed by atoms with Gasteiger partial charge in [-0.25, -0.2) is 13.9 Å². The number of hydrogen-bond acceptors (Lipinski definition) is 3. The molecule has 0 bridgehead atoms. The Labute approximate surface area is 145 Å². The van der Waals surface area contributed by atoms with Crippen LogP contribution >= 0.6 is 0 Å². The molecule has 7 nitrogen and oxygen atoms in total. The maximum Gasteiger partial charge on any atom is 0.317 e. The summed E-state index contributed by atoms with van der Waals surface area (Å²) in [6, 6.07) is 5.30. The predicted molar refractivity (Wildman–Crippen MR) is 90.1 cm³/mol. The smallest absolute Gasteiger partial charge is 0.317 e. The fourth-order valence-electron chi connectivity index (χ4n) is 2.43. The summed E-state index contributed by atoms with van der Waals surface area (Å²) in [5.41, 5.74) is 2.37. The van der Waals surface area contributed by atoms with Gasteiger partial charge < -0.3 is 15.3 Å². The Morgan fingerprint density at radius 2 is 2.00 bits per heavy atom. The molecule has 8 heteroatoms. The molecule has 0 fully saturated rings. The van der Waals surface area contributed by atoms with E-state index in [1.165, 1.54) is 17.0 Å². The van der Waals surface area contributed by atoms with Crippen LogP contribution in [-0.2, 0) is 4.79 Å². The molecular weight excluding hydrogens is 327 g/mol. The summed E-state index contributed by atoms with van der Waals surface area (Å²) in [6.45, 7) is 3.81. The van der Waals surface area contributed by atoms with E-state index >= 15 is 0 Å². The van der Waals surface area contributed by atoms with Gasteiger partial charge in [-0.3, -0.25) is 4.79 Å². The van der Waals surface area contributed by atoms with E-state index in [0.29, 0.717) is 0 Å². The van der Waals surface area contributed by atoms with Crippen LogP contribution in [0.1, 0.15) is 30.6 Å². The van der Waals surface area contributed by atoms with Gasteiger partial charge in [-0.15, -0.1) is 0 Å². The number of rotatable bonds is 6. The molecule has 0 radical (unpaired) electrons. The molecule has 0 saturated carbocycles. The van der Waals surface area contributed by atoms with Crippen molar-refractivity contribution >= 4 is 12.0 Å². The van der Waals surface area contributed by atoms with Crippen LogP contribution in [0.3, 0.4) is 0 Å².